The Bertz CT molecular complexity index is 395. The Labute approximate surface area is 131 Å². The van der Waals surface area contributed by atoms with E-state index in [1.165, 1.54) is 70.6 Å². The van der Waals surface area contributed by atoms with Crippen molar-refractivity contribution in [1.82, 2.24) is 5.32 Å². The largest absolute Gasteiger partial charge is 0.308 e. The van der Waals surface area contributed by atoms with Crippen LogP contribution in [0.4, 0.5) is 0 Å². The van der Waals surface area contributed by atoms with Gasteiger partial charge in [0.2, 0.25) is 0 Å². The van der Waals surface area contributed by atoms with Crippen molar-refractivity contribution in [3.8, 4) is 0 Å². The molecule has 1 atom stereocenters. The number of hydrogen-bond acceptors (Lipinski definition) is 3. The van der Waals surface area contributed by atoms with Crippen molar-refractivity contribution >= 4 is 9.84 Å². The fourth-order valence-corrected chi connectivity index (χ4v) is 6.03. The minimum absolute atomic E-state index is 0.180. The van der Waals surface area contributed by atoms with Crippen LogP contribution >= 0.6 is 0 Å². The van der Waals surface area contributed by atoms with Crippen LogP contribution in [0.5, 0.6) is 0 Å². The van der Waals surface area contributed by atoms with Crippen LogP contribution in [0.1, 0.15) is 84.0 Å². The molecule has 0 aromatic carbocycles. The van der Waals surface area contributed by atoms with Crippen LogP contribution in [-0.4, -0.2) is 31.5 Å². The fourth-order valence-electron chi connectivity index (χ4n) is 3.92. The Morgan fingerprint density at radius 1 is 0.857 bits per heavy atom. The lowest BCUT2D eigenvalue weighted by Crippen LogP contribution is -2.49. The molecule has 0 spiro atoms. The second-order valence-corrected chi connectivity index (χ2v) is 9.69. The average molecular weight is 316 g/mol. The topological polar surface area (TPSA) is 46.2 Å². The van der Waals surface area contributed by atoms with Crippen molar-refractivity contribution in [3.63, 3.8) is 0 Å². The molecule has 0 radical (unpaired) electrons. The van der Waals surface area contributed by atoms with E-state index >= 15 is 0 Å². The molecule has 1 heterocycles. The molecule has 2 fully saturated rings. The van der Waals surface area contributed by atoms with Gasteiger partial charge < -0.3 is 5.32 Å². The maximum Gasteiger partial charge on any atom is 0.152 e. The molecule has 2 rings (SSSR count). The summed E-state index contributed by atoms with van der Waals surface area (Å²) in [4.78, 5) is 0. The summed E-state index contributed by atoms with van der Waals surface area (Å²) in [6, 6.07) is 0.516. The molecule has 0 amide bonds. The Morgan fingerprint density at radius 3 is 1.76 bits per heavy atom. The van der Waals surface area contributed by atoms with Crippen molar-refractivity contribution in [2.75, 3.05) is 11.5 Å². The molecule has 4 heteroatoms. The Kier molecular flexibility index (Phi) is 6.54. The van der Waals surface area contributed by atoms with E-state index in [-0.39, 0.29) is 5.54 Å². The van der Waals surface area contributed by atoms with Gasteiger partial charge in [-0.15, -0.1) is 0 Å². The van der Waals surface area contributed by atoms with Gasteiger partial charge in [-0.3, -0.25) is 0 Å². The zero-order valence-corrected chi connectivity index (χ0v) is 14.5. The minimum Gasteiger partial charge on any atom is -0.308 e. The summed E-state index contributed by atoms with van der Waals surface area (Å²) in [5.41, 5.74) is -0.180. The van der Waals surface area contributed by atoms with Gasteiger partial charge in [0.25, 0.3) is 0 Å². The molecule has 0 aromatic rings. The molecule has 0 aromatic heterocycles. The van der Waals surface area contributed by atoms with Gasteiger partial charge >= 0.3 is 0 Å². The molecule has 2 aliphatic rings. The van der Waals surface area contributed by atoms with Crippen molar-refractivity contribution in [2.45, 2.75) is 95.6 Å². The predicted octanol–water partition coefficient (Wildman–Crippen LogP) is 3.83. The van der Waals surface area contributed by atoms with Crippen LogP contribution in [0.25, 0.3) is 0 Å². The normalized spacial score (nSPS) is 33.2. The van der Waals surface area contributed by atoms with E-state index in [1.54, 1.807) is 0 Å². The summed E-state index contributed by atoms with van der Waals surface area (Å²) in [5, 5.41) is 3.72. The van der Waals surface area contributed by atoms with Gasteiger partial charge in [-0.2, -0.15) is 0 Å². The summed E-state index contributed by atoms with van der Waals surface area (Å²) >= 11 is 0. The molecule has 0 bridgehead atoms. The highest BCUT2D eigenvalue weighted by molar-refractivity contribution is 7.91. The first-order valence-corrected chi connectivity index (χ1v) is 10.8. The Morgan fingerprint density at radius 2 is 1.33 bits per heavy atom. The van der Waals surface area contributed by atoms with E-state index in [9.17, 15) is 8.42 Å². The second kappa shape index (κ2) is 7.96. The molecular formula is C17H33NO2S. The molecule has 1 unspecified atom stereocenters. The van der Waals surface area contributed by atoms with Crippen molar-refractivity contribution < 1.29 is 8.42 Å². The van der Waals surface area contributed by atoms with Crippen LogP contribution in [0.2, 0.25) is 0 Å². The monoisotopic (exact) mass is 315 g/mol. The number of nitrogens with one attached hydrogen (secondary N) is 1. The highest BCUT2D eigenvalue weighted by Crippen LogP contribution is 2.26. The van der Waals surface area contributed by atoms with Gasteiger partial charge in [0.05, 0.1) is 11.5 Å². The zero-order valence-electron chi connectivity index (χ0n) is 13.7. The van der Waals surface area contributed by atoms with Crippen molar-refractivity contribution in [2.24, 2.45) is 0 Å². The molecule has 1 aliphatic carbocycles. The quantitative estimate of drug-likeness (QED) is 0.842. The summed E-state index contributed by atoms with van der Waals surface area (Å²) in [6.07, 6.45) is 15.4. The minimum atomic E-state index is -2.81. The first-order chi connectivity index (χ1) is 9.99. The Balaban J connectivity index is 1.85. The lowest BCUT2D eigenvalue weighted by atomic mass is 9.94. The van der Waals surface area contributed by atoms with Gasteiger partial charge in [0.15, 0.2) is 9.84 Å². The summed E-state index contributed by atoms with van der Waals surface area (Å²) in [5.74, 6) is 0.694. The smallest absolute Gasteiger partial charge is 0.152 e. The predicted molar refractivity (Wildman–Crippen MR) is 89.4 cm³/mol. The molecule has 1 N–H and O–H groups in total. The number of hydrogen-bond donors (Lipinski definition) is 1. The zero-order chi connectivity index (χ0) is 15.2. The van der Waals surface area contributed by atoms with Crippen molar-refractivity contribution in [1.29, 1.82) is 0 Å². The first kappa shape index (κ1) is 17.3. The fraction of sp³-hybridized carbons (Fsp3) is 1.00. The third kappa shape index (κ3) is 6.27. The van der Waals surface area contributed by atoms with Crippen LogP contribution in [0.15, 0.2) is 0 Å². The highest BCUT2D eigenvalue weighted by Gasteiger charge is 2.39. The molecular weight excluding hydrogens is 282 g/mol. The third-order valence-electron chi connectivity index (χ3n) is 5.16. The van der Waals surface area contributed by atoms with Crippen LogP contribution in [-0.2, 0) is 9.84 Å². The van der Waals surface area contributed by atoms with Crippen molar-refractivity contribution in [3.05, 3.63) is 0 Å². The molecule has 1 aliphatic heterocycles. The lowest BCUT2D eigenvalue weighted by molar-refractivity contribution is 0.302. The number of sulfone groups is 1. The SMILES string of the molecule is CC1(NC2CCCCCCCCCCC2)CCS(=O)(=O)C1. The van der Waals surface area contributed by atoms with Gasteiger partial charge in [0.1, 0.15) is 0 Å². The summed E-state index contributed by atoms with van der Waals surface area (Å²) < 4.78 is 23.5. The van der Waals surface area contributed by atoms with Gasteiger partial charge in [-0.05, 0) is 26.2 Å². The summed E-state index contributed by atoms with van der Waals surface area (Å²) in [6.45, 7) is 2.10. The highest BCUT2D eigenvalue weighted by atomic mass is 32.2. The third-order valence-corrected chi connectivity index (χ3v) is 7.06. The maximum absolute atomic E-state index is 11.8. The van der Waals surface area contributed by atoms with E-state index in [0.717, 1.165) is 6.42 Å². The first-order valence-electron chi connectivity index (χ1n) is 8.97. The van der Waals surface area contributed by atoms with Crippen LogP contribution < -0.4 is 5.32 Å². The number of rotatable bonds is 2. The second-order valence-electron chi connectivity index (χ2n) is 7.50. The van der Waals surface area contributed by atoms with E-state index < -0.39 is 9.84 Å². The average Bonchev–Trinajstić information content (AvgIpc) is 2.67. The molecule has 3 nitrogen and oxygen atoms in total. The van der Waals surface area contributed by atoms with E-state index in [1.807, 2.05) is 0 Å². The standard InChI is InChI=1S/C17H33NO2S/c1-17(13-14-21(19,20)15-17)18-16-11-9-7-5-3-2-4-6-8-10-12-16/h16,18H,2-15H2,1H3. The van der Waals surface area contributed by atoms with Gasteiger partial charge in [-0.1, -0.05) is 57.8 Å². The van der Waals surface area contributed by atoms with E-state index in [0.29, 0.717) is 17.5 Å². The van der Waals surface area contributed by atoms with Crippen LogP contribution in [0.3, 0.4) is 0 Å². The molecule has 21 heavy (non-hydrogen) atoms. The summed E-state index contributed by atoms with van der Waals surface area (Å²) in [7, 11) is -2.81. The maximum atomic E-state index is 11.8. The van der Waals surface area contributed by atoms with E-state index in [4.69, 9.17) is 0 Å². The van der Waals surface area contributed by atoms with Gasteiger partial charge in [0, 0.05) is 11.6 Å². The molecule has 1 saturated heterocycles. The van der Waals surface area contributed by atoms with Gasteiger partial charge in [-0.25, -0.2) is 8.42 Å². The Hall–Kier alpha value is -0.0900. The molecule has 124 valence electrons. The van der Waals surface area contributed by atoms with Crippen LogP contribution in [0, 0.1) is 0 Å². The lowest BCUT2D eigenvalue weighted by Gasteiger charge is -2.31. The van der Waals surface area contributed by atoms with E-state index in [2.05, 4.69) is 12.2 Å². The molecule has 1 saturated carbocycles.